The van der Waals surface area contributed by atoms with Crippen molar-refractivity contribution in [3.8, 4) is 5.75 Å². The molecule has 0 spiro atoms. The smallest absolute Gasteiger partial charge is 0.236 e. The minimum atomic E-state index is 0.138. The molecule has 1 amide bonds. The third-order valence-electron chi connectivity index (χ3n) is 3.64. The van der Waals surface area contributed by atoms with E-state index in [2.05, 4.69) is 26.1 Å². The second-order valence-corrected chi connectivity index (χ2v) is 6.15. The number of ether oxygens (including phenoxy) is 1. The van der Waals surface area contributed by atoms with E-state index in [1.54, 1.807) is 12.0 Å². The molecule has 0 bridgehead atoms. The van der Waals surface area contributed by atoms with Gasteiger partial charge in [0.2, 0.25) is 5.91 Å². The third-order valence-corrected chi connectivity index (χ3v) is 4.14. The maximum Gasteiger partial charge on any atom is 0.236 e. The van der Waals surface area contributed by atoms with Crippen LogP contribution < -0.4 is 10.1 Å². The molecule has 2 rings (SSSR count). The van der Waals surface area contributed by atoms with Crippen LogP contribution in [0.25, 0.3) is 0 Å². The van der Waals surface area contributed by atoms with Gasteiger partial charge in [-0.3, -0.25) is 9.69 Å². The molecule has 116 valence electrons. The molecule has 6 heteroatoms. The second kappa shape index (κ2) is 7.77. The van der Waals surface area contributed by atoms with E-state index in [0.717, 1.165) is 42.0 Å². The SMILES string of the molecule is COc1ccc(Br)cc1CN(C)C(=O)CN1CCNCC1. The van der Waals surface area contributed by atoms with Crippen molar-refractivity contribution in [1.82, 2.24) is 15.1 Å². The summed E-state index contributed by atoms with van der Waals surface area (Å²) in [5.74, 6) is 0.943. The van der Waals surface area contributed by atoms with Crippen LogP contribution in [-0.4, -0.2) is 62.6 Å². The van der Waals surface area contributed by atoms with Crippen molar-refractivity contribution >= 4 is 21.8 Å². The van der Waals surface area contributed by atoms with Gasteiger partial charge in [-0.05, 0) is 18.2 Å². The molecular formula is C15H22BrN3O2. The molecule has 1 aromatic rings. The zero-order valence-corrected chi connectivity index (χ0v) is 14.1. The zero-order valence-electron chi connectivity index (χ0n) is 12.6. The van der Waals surface area contributed by atoms with Gasteiger partial charge in [-0.1, -0.05) is 15.9 Å². The highest BCUT2D eigenvalue weighted by Crippen LogP contribution is 2.24. The highest BCUT2D eigenvalue weighted by molar-refractivity contribution is 9.10. The minimum Gasteiger partial charge on any atom is -0.496 e. The van der Waals surface area contributed by atoms with E-state index in [1.807, 2.05) is 25.2 Å². The Morgan fingerprint density at radius 1 is 1.43 bits per heavy atom. The van der Waals surface area contributed by atoms with Crippen molar-refractivity contribution in [3.63, 3.8) is 0 Å². The zero-order chi connectivity index (χ0) is 15.2. The Kier molecular flexibility index (Phi) is 6.02. The number of carbonyl (C=O) groups excluding carboxylic acids is 1. The number of hydrogen-bond acceptors (Lipinski definition) is 4. The quantitative estimate of drug-likeness (QED) is 0.865. The van der Waals surface area contributed by atoms with E-state index in [1.165, 1.54) is 0 Å². The predicted octanol–water partition coefficient (Wildman–Crippen LogP) is 1.32. The molecule has 21 heavy (non-hydrogen) atoms. The number of rotatable bonds is 5. The molecule has 0 unspecified atom stereocenters. The van der Waals surface area contributed by atoms with Crippen LogP contribution in [0.1, 0.15) is 5.56 Å². The monoisotopic (exact) mass is 355 g/mol. The van der Waals surface area contributed by atoms with Crippen LogP contribution >= 0.6 is 15.9 Å². The van der Waals surface area contributed by atoms with Crippen LogP contribution in [-0.2, 0) is 11.3 Å². The largest absolute Gasteiger partial charge is 0.496 e. The van der Waals surface area contributed by atoms with Gasteiger partial charge < -0.3 is 15.0 Å². The number of nitrogens with zero attached hydrogens (tertiary/aromatic N) is 2. The molecule has 1 fully saturated rings. The van der Waals surface area contributed by atoms with E-state index in [9.17, 15) is 4.79 Å². The first-order chi connectivity index (χ1) is 10.1. The molecule has 1 heterocycles. The molecule has 0 aliphatic carbocycles. The summed E-state index contributed by atoms with van der Waals surface area (Å²) in [7, 11) is 3.49. The predicted molar refractivity (Wildman–Crippen MR) is 86.5 cm³/mol. The van der Waals surface area contributed by atoms with Crippen LogP contribution in [0.15, 0.2) is 22.7 Å². The Bertz CT molecular complexity index is 490. The van der Waals surface area contributed by atoms with Crippen molar-refractivity contribution in [2.75, 3.05) is 46.9 Å². The lowest BCUT2D eigenvalue weighted by Crippen LogP contribution is -2.47. The Morgan fingerprint density at radius 2 is 2.14 bits per heavy atom. The molecule has 0 saturated carbocycles. The summed E-state index contributed by atoms with van der Waals surface area (Å²) in [6, 6.07) is 5.84. The average Bonchev–Trinajstić information content (AvgIpc) is 2.48. The molecule has 5 nitrogen and oxygen atoms in total. The van der Waals surface area contributed by atoms with Crippen LogP contribution in [0.3, 0.4) is 0 Å². The maximum absolute atomic E-state index is 12.3. The van der Waals surface area contributed by atoms with Crippen LogP contribution in [0.2, 0.25) is 0 Å². The number of nitrogens with one attached hydrogen (secondary N) is 1. The van der Waals surface area contributed by atoms with Crippen molar-refractivity contribution in [1.29, 1.82) is 0 Å². The molecule has 0 radical (unpaired) electrons. The van der Waals surface area contributed by atoms with Crippen molar-refractivity contribution in [2.45, 2.75) is 6.54 Å². The van der Waals surface area contributed by atoms with Gasteiger partial charge in [0.1, 0.15) is 5.75 Å². The van der Waals surface area contributed by atoms with Crippen molar-refractivity contribution < 1.29 is 9.53 Å². The number of halogens is 1. The van der Waals surface area contributed by atoms with Gasteiger partial charge in [0.25, 0.3) is 0 Å². The van der Waals surface area contributed by atoms with Gasteiger partial charge >= 0.3 is 0 Å². The molecule has 1 aromatic carbocycles. The Balaban J connectivity index is 1.95. The normalized spacial score (nSPS) is 15.8. The molecule has 0 aromatic heterocycles. The summed E-state index contributed by atoms with van der Waals surface area (Å²) < 4.78 is 6.34. The fourth-order valence-electron chi connectivity index (χ4n) is 2.40. The summed E-state index contributed by atoms with van der Waals surface area (Å²) in [6.07, 6.45) is 0. The Morgan fingerprint density at radius 3 is 2.81 bits per heavy atom. The Labute approximate surface area is 134 Å². The summed E-state index contributed by atoms with van der Waals surface area (Å²) in [6.45, 7) is 4.80. The van der Waals surface area contributed by atoms with E-state index in [0.29, 0.717) is 13.1 Å². The molecule has 1 aliphatic rings. The standard InChI is InChI=1S/C15H22BrN3O2/c1-18(15(20)11-19-7-5-17-6-8-19)10-12-9-13(16)3-4-14(12)21-2/h3-4,9,17H,5-8,10-11H2,1-2H3. The first-order valence-corrected chi connectivity index (χ1v) is 7.89. The fourth-order valence-corrected chi connectivity index (χ4v) is 2.80. The third kappa shape index (κ3) is 4.69. The van der Waals surface area contributed by atoms with E-state index in [4.69, 9.17) is 4.74 Å². The Hall–Kier alpha value is -1.11. The lowest BCUT2D eigenvalue weighted by atomic mass is 10.2. The summed E-state index contributed by atoms with van der Waals surface area (Å²) >= 11 is 3.46. The minimum absolute atomic E-state index is 0.138. The summed E-state index contributed by atoms with van der Waals surface area (Å²) in [5.41, 5.74) is 1.00. The maximum atomic E-state index is 12.3. The molecular weight excluding hydrogens is 334 g/mol. The second-order valence-electron chi connectivity index (χ2n) is 5.23. The highest BCUT2D eigenvalue weighted by Gasteiger charge is 2.17. The molecule has 1 aliphatic heterocycles. The first kappa shape index (κ1) is 16.3. The van der Waals surface area contributed by atoms with Crippen LogP contribution in [0.5, 0.6) is 5.75 Å². The van der Waals surface area contributed by atoms with E-state index in [-0.39, 0.29) is 5.91 Å². The number of carbonyl (C=O) groups is 1. The molecule has 0 atom stereocenters. The van der Waals surface area contributed by atoms with Crippen molar-refractivity contribution in [3.05, 3.63) is 28.2 Å². The fraction of sp³-hybridized carbons (Fsp3) is 0.533. The van der Waals surface area contributed by atoms with Crippen LogP contribution in [0, 0.1) is 0 Å². The number of piperazine rings is 1. The van der Waals surface area contributed by atoms with Crippen LogP contribution in [0.4, 0.5) is 0 Å². The van der Waals surface area contributed by atoms with Gasteiger partial charge in [-0.2, -0.15) is 0 Å². The number of methoxy groups -OCH3 is 1. The van der Waals surface area contributed by atoms with E-state index >= 15 is 0 Å². The van der Waals surface area contributed by atoms with Crippen molar-refractivity contribution in [2.24, 2.45) is 0 Å². The number of hydrogen-bond donors (Lipinski definition) is 1. The van der Waals surface area contributed by atoms with E-state index < -0.39 is 0 Å². The molecule has 1 saturated heterocycles. The van der Waals surface area contributed by atoms with Gasteiger partial charge in [0.05, 0.1) is 13.7 Å². The topological polar surface area (TPSA) is 44.8 Å². The number of likely N-dealkylation sites (N-methyl/N-ethyl adjacent to an activating group) is 1. The lowest BCUT2D eigenvalue weighted by molar-refractivity contribution is -0.131. The van der Waals surface area contributed by atoms with Gasteiger partial charge in [-0.15, -0.1) is 0 Å². The summed E-state index contributed by atoms with van der Waals surface area (Å²) in [5, 5.41) is 3.29. The summed E-state index contributed by atoms with van der Waals surface area (Å²) in [4.78, 5) is 16.3. The average molecular weight is 356 g/mol. The van der Waals surface area contributed by atoms with Gasteiger partial charge in [0.15, 0.2) is 0 Å². The number of benzene rings is 1. The number of amides is 1. The highest BCUT2D eigenvalue weighted by atomic mass is 79.9. The lowest BCUT2D eigenvalue weighted by Gasteiger charge is -2.28. The van der Waals surface area contributed by atoms with Gasteiger partial charge in [-0.25, -0.2) is 0 Å². The van der Waals surface area contributed by atoms with Gasteiger partial charge in [0, 0.05) is 49.8 Å². The first-order valence-electron chi connectivity index (χ1n) is 7.09. The molecule has 1 N–H and O–H groups in total.